The summed E-state index contributed by atoms with van der Waals surface area (Å²) in [5.74, 6) is -1.13. The number of rotatable bonds is 5. The van der Waals surface area contributed by atoms with Crippen molar-refractivity contribution in [2.24, 2.45) is 5.92 Å². The Morgan fingerprint density at radius 3 is 1.93 bits per heavy atom. The van der Waals surface area contributed by atoms with Gasteiger partial charge in [0.2, 0.25) is 0 Å². The number of alkyl halides is 1. The molecule has 0 aliphatic heterocycles. The zero-order valence-corrected chi connectivity index (χ0v) is 24.3. The molecule has 4 aromatic rings. The molecular weight excluding hydrogens is 538 g/mol. The van der Waals surface area contributed by atoms with Gasteiger partial charge in [0, 0.05) is 16.7 Å². The van der Waals surface area contributed by atoms with Gasteiger partial charge in [-0.2, -0.15) is 0 Å². The largest absolute Gasteiger partial charge is 0.230 e. The first kappa shape index (κ1) is 25.7. The van der Waals surface area contributed by atoms with Gasteiger partial charge >= 0.3 is 0 Å². The van der Waals surface area contributed by atoms with Gasteiger partial charge in [-0.15, -0.1) is 11.8 Å². The van der Waals surface area contributed by atoms with Crippen LogP contribution < -0.4 is 0 Å². The molecule has 0 fully saturated rings. The van der Waals surface area contributed by atoms with Crippen LogP contribution in [0.3, 0.4) is 0 Å². The number of thioether (sulfide) groups is 1. The molecule has 0 spiro atoms. The predicted octanol–water partition coefficient (Wildman–Crippen LogP) is 10.4. The Kier molecular flexibility index (Phi) is 5.84. The van der Waals surface area contributed by atoms with E-state index in [4.69, 9.17) is 0 Å². The summed E-state index contributed by atoms with van der Waals surface area (Å²) in [6, 6.07) is 32.0. The van der Waals surface area contributed by atoms with Crippen molar-refractivity contribution in [3.63, 3.8) is 0 Å². The second kappa shape index (κ2) is 9.54. The topological polar surface area (TPSA) is 0 Å². The van der Waals surface area contributed by atoms with Gasteiger partial charge in [-0.25, -0.2) is 8.78 Å². The van der Waals surface area contributed by atoms with Crippen LogP contribution in [-0.4, -0.2) is 11.4 Å². The minimum Gasteiger partial charge on any atom is -0.230 e. The maximum absolute atomic E-state index is 17.2. The summed E-state index contributed by atoms with van der Waals surface area (Å²) < 4.78 is 32.7. The van der Waals surface area contributed by atoms with Crippen LogP contribution >= 0.6 is 11.8 Å². The molecule has 4 aliphatic carbocycles. The van der Waals surface area contributed by atoms with Crippen molar-refractivity contribution in [3.8, 4) is 22.3 Å². The van der Waals surface area contributed by atoms with E-state index in [1.165, 1.54) is 46.0 Å². The molecule has 3 heteroatoms. The molecule has 0 nitrogen and oxygen atoms in total. The lowest BCUT2D eigenvalue weighted by Gasteiger charge is -2.32. The van der Waals surface area contributed by atoms with Crippen LogP contribution in [0.5, 0.6) is 0 Å². The average molecular weight is 568 g/mol. The van der Waals surface area contributed by atoms with Gasteiger partial charge in [0.15, 0.2) is 5.67 Å². The van der Waals surface area contributed by atoms with Crippen molar-refractivity contribution in [2.45, 2.75) is 31.4 Å². The van der Waals surface area contributed by atoms with E-state index in [-0.39, 0.29) is 11.8 Å². The standard InChI is InChI=1S/C39H29F2S/c1-3-42-32-22-31(39(41)21-11-20-33(39)40)37(35-28-16-7-4-13-24(28)25-14-5-8-17-29(25)35)38(32)36-30-18-9-6-15-26(30)27-19-10-12-23(2)34(27)36/h4-21,31,35-36H,3H2,1-2H3. The predicted molar refractivity (Wildman–Crippen MR) is 170 cm³/mol. The van der Waals surface area contributed by atoms with Gasteiger partial charge in [0.25, 0.3) is 0 Å². The van der Waals surface area contributed by atoms with E-state index < -0.39 is 17.4 Å². The van der Waals surface area contributed by atoms with Crippen LogP contribution in [0.15, 0.2) is 131 Å². The lowest BCUT2D eigenvalue weighted by atomic mass is 9.73. The Balaban J connectivity index is 1.49. The number of benzene rings is 4. The highest BCUT2D eigenvalue weighted by Crippen LogP contribution is 2.62. The SMILES string of the molecule is CCSC1=[C]C(C2(F)C=CC=C2F)C(C2c3ccccc3-c3ccccc32)=C1C1c2ccccc2-c2cccc(C)c21. The molecule has 3 unspecified atom stereocenters. The van der Waals surface area contributed by atoms with Crippen molar-refractivity contribution in [1.82, 2.24) is 0 Å². The molecule has 0 heterocycles. The summed E-state index contributed by atoms with van der Waals surface area (Å²) in [5, 5.41) is 0. The Labute approximate surface area is 250 Å². The van der Waals surface area contributed by atoms with Gasteiger partial charge in [-0.05, 0) is 92.1 Å². The van der Waals surface area contributed by atoms with Gasteiger partial charge in [0.1, 0.15) is 5.83 Å². The first-order valence-electron chi connectivity index (χ1n) is 14.6. The van der Waals surface area contributed by atoms with E-state index in [2.05, 4.69) is 111 Å². The van der Waals surface area contributed by atoms with Gasteiger partial charge in [0.05, 0.1) is 5.92 Å². The van der Waals surface area contributed by atoms with Gasteiger partial charge in [-0.1, -0.05) is 104 Å². The molecule has 0 bridgehead atoms. The third kappa shape index (κ3) is 3.47. The van der Waals surface area contributed by atoms with Crippen molar-refractivity contribution in [1.29, 1.82) is 0 Å². The first-order valence-corrected chi connectivity index (χ1v) is 15.6. The lowest BCUT2D eigenvalue weighted by Crippen LogP contribution is -2.32. The number of hydrogen-bond acceptors (Lipinski definition) is 1. The minimum absolute atomic E-state index is 0.0973. The average Bonchev–Trinajstić information content (AvgIpc) is 3.74. The summed E-state index contributed by atoms with van der Waals surface area (Å²) in [4.78, 5) is 0.945. The number of fused-ring (bicyclic) bond motifs is 6. The Bertz CT molecular complexity index is 1860. The maximum Gasteiger partial charge on any atom is 0.191 e. The molecule has 8 rings (SSSR count). The second-order valence-electron chi connectivity index (χ2n) is 11.5. The monoisotopic (exact) mass is 567 g/mol. The first-order chi connectivity index (χ1) is 20.5. The zero-order chi connectivity index (χ0) is 28.6. The van der Waals surface area contributed by atoms with Crippen molar-refractivity contribution in [2.75, 3.05) is 5.75 Å². The second-order valence-corrected chi connectivity index (χ2v) is 12.8. The molecule has 0 N–H and O–H groups in total. The Morgan fingerprint density at radius 2 is 1.33 bits per heavy atom. The number of halogens is 2. The zero-order valence-electron chi connectivity index (χ0n) is 23.5. The van der Waals surface area contributed by atoms with Crippen molar-refractivity contribution >= 4 is 11.8 Å². The summed E-state index contributed by atoms with van der Waals surface area (Å²) in [6.07, 6.45) is 7.78. The highest BCUT2D eigenvalue weighted by atomic mass is 32.2. The minimum atomic E-state index is -2.28. The van der Waals surface area contributed by atoms with Crippen LogP contribution in [0, 0.1) is 18.9 Å². The molecule has 0 aromatic heterocycles. The lowest BCUT2D eigenvalue weighted by molar-refractivity contribution is 0.193. The normalized spacial score (nSPS) is 23.5. The summed E-state index contributed by atoms with van der Waals surface area (Å²) in [7, 11) is 0. The summed E-state index contributed by atoms with van der Waals surface area (Å²) in [6.45, 7) is 4.29. The molecule has 205 valence electrons. The third-order valence-corrected chi connectivity index (χ3v) is 10.3. The Morgan fingerprint density at radius 1 is 0.762 bits per heavy atom. The molecule has 1 radical (unpaired) electrons. The molecule has 0 saturated heterocycles. The van der Waals surface area contributed by atoms with Crippen LogP contribution in [0.4, 0.5) is 8.78 Å². The fourth-order valence-electron chi connectivity index (χ4n) is 7.74. The molecule has 0 amide bonds. The van der Waals surface area contributed by atoms with E-state index in [1.54, 1.807) is 11.8 Å². The number of aryl methyl sites for hydroxylation is 1. The van der Waals surface area contributed by atoms with Crippen LogP contribution in [0.1, 0.15) is 46.6 Å². The molecular formula is C39H29F2S. The molecule has 0 saturated carbocycles. The van der Waals surface area contributed by atoms with Crippen molar-refractivity contribution < 1.29 is 8.78 Å². The Hall–Kier alpha value is -3.95. The smallest absolute Gasteiger partial charge is 0.191 e. The number of hydrogen-bond donors (Lipinski definition) is 0. The molecule has 4 aromatic carbocycles. The van der Waals surface area contributed by atoms with E-state index in [9.17, 15) is 0 Å². The van der Waals surface area contributed by atoms with Crippen LogP contribution in [0.2, 0.25) is 0 Å². The van der Waals surface area contributed by atoms with Crippen LogP contribution in [0.25, 0.3) is 22.3 Å². The van der Waals surface area contributed by atoms with E-state index in [0.29, 0.717) is 0 Å². The highest BCUT2D eigenvalue weighted by Gasteiger charge is 2.53. The van der Waals surface area contributed by atoms with Crippen LogP contribution in [-0.2, 0) is 0 Å². The maximum atomic E-state index is 17.2. The summed E-state index contributed by atoms with van der Waals surface area (Å²) in [5.41, 5.74) is 10.5. The molecule has 4 aliphatic rings. The molecule has 42 heavy (non-hydrogen) atoms. The van der Waals surface area contributed by atoms with E-state index in [0.717, 1.165) is 44.1 Å². The van der Waals surface area contributed by atoms with Gasteiger partial charge < -0.3 is 0 Å². The summed E-state index contributed by atoms with van der Waals surface area (Å²) >= 11 is 1.69. The fourth-order valence-corrected chi connectivity index (χ4v) is 8.62. The quantitative estimate of drug-likeness (QED) is 0.231. The van der Waals surface area contributed by atoms with Gasteiger partial charge in [-0.3, -0.25) is 0 Å². The van der Waals surface area contributed by atoms with E-state index in [1.807, 2.05) is 0 Å². The molecule has 3 atom stereocenters. The third-order valence-electron chi connectivity index (χ3n) is 9.41. The number of allylic oxidation sites excluding steroid dienone is 7. The van der Waals surface area contributed by atoms with E-state index >= 15 is 8.78 Å². The highest BCUT2D eigenvalue weighted by molar-refractivity contribution is 8.03. The van der Waals surface area contributed by atoms with Crippen molar-refractivity contribution in [3.05, 3.63) is 165 Å². The fraction of sp³-hybridized carbons (Fsp3) is 0.179.